The molecule has 1 unspecified atom stereocenters. The highest BCUT2D eigenvalue weighted by Gasteiger charge is 2.20. The highest BCUT2D eigenvalue weighted by atomic mass is 79.9. The van der Waals surface area contributed by atoms with Crippen LogP contribution in [0.5, 0.6) is 0 Å². The van der Waals surface area contributed by atoms with Crippen molar-refractivity contribution < 1.29 is 0 Å². The summed E-state index contributed by atoms with van der Waals surface area (Å²) in [6, 6.07) is 2.28. The van der Waals surface area contributed by atoms with Crippen LogP contribution in [0, 0.1) is 0 Å². The maximum atomic E-state index is 4.50. The van der Waals surface area contributed by atoms with Crippen LogP contribution in [0.15, 0.2) is 26.7 Å². The number of halogens is 2. The van der Waals surface area contributed by atoms with E-state index in [2.05, 4.69) is 59.7 Å². The fourth-order valence-electron chi connectivity index (χ4n) is 1.92. The lowest BCUT2D eigenvalue weighted by atomic mass is 10.2. The van der Waals surface area contributed by atoms with Crippen LogP contribution in [0.3, 0.4) is 0 Å². The molecule has 0 radical (unpaired) electrons. The molecule has 18 heavy (non-hydrogen) atoms. The number of aromatic nitrogens is 2. The van der Waals surface area contributed by atoms with Gasteiger partial charge in [0, 0.05) is 28.3 Å². The summed E-state index contributed by atoms with van der Waals surface area (Å²) >= 11 is 8.80. The zero-order chi connectivity index (χ0) is 13.1. The van der Waals surface area contributed by atoms with E-state index in [9.17, 15) is 0 Å². The van der Waals surface area contributed by atoms with Crippen molar-refractivity contribution in [1.82, 2.24) is 14.9 Å². The van der Waals surface area contributed by atoms with Gasteiger partial charge in [-0.05, 0) is 51.4 Å². The summed E-state index contributed by atoms with van der Waals surface area (Å²) in [5.41, 5.74) is 0. The van der Waals surface area contributed by atoms with Gasteiger partial charge in [-0.2, -0.15) is 0 Å². The number of hydrogen-bond acceptors (Lipinski definition) is 3. The van der Waals surface area contributed by atoms with Crippen molar-refractivity contribution in [3.8, 4) is 0 Å². The highest BCUT2D eigenvalue weighted by molar-refractivity contribution is 9.13. The third-order valence-corrected chi connectivity index (χ3v) is 6.03. The van der Waals surface area contributed by atoms with Crippen molar-refractivity contribution in [3.05, 3.63) is 37.4 Å². The molecule has 0 aliphatic rings. The van der Waals surface area contributed by atoms with E-state index in [1.807, 2.05) is 19.4 Å². The fourth-order valence-corrected chi connectivity index (χ4v) is 4.11. The molecule has 0 saturated heterocycles. The summed E-state index contributed by atoms with van der Waals surface area (Å²) < 4.78 is 4.42. The molecule has 0 aliphatic heterocycles. The Bertz CT molecular complexity index is 502. The van der Waals surface area contributed by atoms with E-state index in [-0.39, 0.29) is 6.04 Å². The smallest absolute Gasteiger partial charge is 0.131 e. The predicted molar refractivity (Wildman–Crippen MR) is 83.1 cm³/mol. The third-order valence-electron chi connectivity index (χ3n) is 2.71. The molecule has 0 fully saturated rings. The van der Waals surface area contributed by atoms with Crippen LogP contribution < -0.4 is 5.32 Å². The van der Waals surface area contributed by atoms with Crippen LogP contribution in [-0.2, 0) is 6.54 Å². The maximum absolute atomic E-state index is 4.50. The average molecular weight is 393 g/mol. The Morgan fingerprint density at radius 3 is 2.83 bits per heavy atom. The van der Waals surface area contributed by atoms with Gasteiger partial charge in [0.1, 0.15) is 11.9 Å². The number of imidazole rings is 1. The van der Waals surface area contributed by atoms with Gasteiger partial charge in [0.2, 0.25) is 0 Å². The lowest BCUT2D eigenvalue weighted by molar-refractivity contribution is 0.573. The minimum Gasteiger partial charge on any atom is -0.333 e. The monoisotopic (exact) mass is 391 g/mol. The molecule has 2 heterocycles. The summed E-state index contributed by atoms with van der Waals surface area (Å²) in [4.78, 5) is 5.75. The Balaban J connectivity index is 2.35. The minimum atomic E-state index is 0.138. The van der Waals surface area contributed by atoms with E-state index in [1.165, 1.54) is 4.88 Å². The molecule has 2 aromatic heterocycles. The molecular weight excluding hydrogens is 378 g/mol. The topological polar surface area (TPSA) is 29.9 Å². The van der Waals surface area contributed by atoms with Gasteiger partial charge in [0.25, 0.3) is 0 Å². The van der Waals surface area contributed by atoms with E-state index in [0.29, 0.717) is 0 Å². The molecule has 1 atom stereocenters. The molecule has 2 aromatic rings. The van der Waals surface area contributed by atoms with Crippen molar-refractivity contribution in [2.24, 2.45) is 0 Å². The number of nitrogens with zero attached hydrogens (tertiary/aromatic N) is 2. The quantitative estimate of drug-likeness (QED) is 0.826. The fraction of sp³-hybridized carbons (Fsp3) is 0.417. The Kier molecular flexibility index (Phi) is 5.00. The Morgan fingerprint density at radius 1 is 1.50 bits per heavy atom. The van der Waals surface area contributed by atoms with Gasteiger partial charge < -0.3 is 9.88 Å². The molecule has 0 spiro atoms. The van der Waals surface area contributed by atoms with E-state index < -0.39 is 0 Å². The lowest BCUT2D eigenvalue weighted by Gasteiger charge is -2.16. The van der Waals surface area contributed by atoms with Crippen molar-refractivity contribution in [1.29, 1.82) is 0 Å². The molecule has 0 aromatic carbocycles. The van der Waals surface area contributed by atoms with Crippen LogP contribution in [-0.4, -0.2) is 16.6 Å². The lowest BCUT2D eigenvalue weighted by Crippen LogP contribution is -2.21. The Labute approximate surface area is 128 Å². The predicted octanol–water partition coefficient (Wildman–Crippen LogP) is 4.19. The molecule has 0 bridgehead atoms. The molecule has 0 saturated carbocycles. The summed E-state index contributed by atoms with van der Waals surface area (Å²) in [6.45, 7) is 3.18. The largest absolute Gasteiger partial charge is 0.333 e. The molecular formula is C12H15Br2N3S. The average Bonchev–Trinajstić information content (AvgIpc) is 2.90. The Hall–Kier alpha value is -0.170. The van der Waals surface area contributed by atoms with Crippen LogP contribution in [0.1, 0.15) is 30.1 Å². The first-order valence-electron chi connectivity index (χ1n) is 5.80. The molecule has 0 aliphatic carbocycles. The molecule has 3 nitrogen and oxygen atoms in total. The number of rotatable bonds is 5. The number of hydrogen-bond donors (Lipinski definition) is 1. The Morgan fingerprint density at radius 2 is 2.28 bits per heavy atom. The molecule has 98 valence electrons. The first-order valence-corrected chi connectivity index (χ1v) is 8.20. The zero-order valence-corrected chi connectivity index (χ0v) is 14.3. The number of thiophene rings is 1. The zero-order valence-electron chi connectivity index (χ0n) is 10.3. The SMILES string of the molecule is CCCn1ccnc1C(NC)c1cc(Br)c(Br)s1. The third kappa shape index (κ3) is 2.87. The second kappa shape index (κ2) is 6.32. The summed E-state index contributed by atoms with van der Waals surface area (Å²) in [6.07, 6.45) is 5.02. The van der Waals surface area contributed by atoms with Crippen LogP contribution >= 0.6 is 43.2 Å². The van der Waals surface area contributed by atoms with Crippen molar-refractivity contribution >= 4 is 43.2 Å². The van der Waals surface area contributed by atoms with Crippen LogP contribution in [0.25, 0.3) is 0 Å². The molecule has 2 rings (SSSR count). The molecule has 1 N–H and O–H groups in total. The van der Waals surface area contributed by atoms with Gasteiger partial charge in [-0.1, -0.05) is 6.92 Å². The van der Waals surface area contributed by atoms with E-state index in [4.69, 9.17) is 0 Å². The summed E-state index contributed by atoms with van der Waals surface area (Å²) in [5, 5.41) is 3.35. The van der Waals surface area contributed by atoms with E-state index >= 15 is 0 Å². The van der Waals surface area contributed by atoms with E-state index in [1.54, 1.807) is 11.3 Å². The van der Waals surface area contributed by atoms with Gasteiger partial charge in [-0.25, -0.2) is 4.98 Å². The molecule has 6 heteroatoms. The maximum Gasteiger partial charge on any atom is 0.131 e. The summed E-state index contributed by atoms with van der Waals surface area (Å²) in [7, 11) is 1.97. The first-order chi connectivity index (χ1) is 8.67. The standard InChI is InChI=1S/C12H15Br2N3S/c1-3-5-17-6-4-16-12(17)10(15-2)9-7-8(13)11(14)18-9/h4,6-7,10,15H,3,5H2,1-2H3. The van der Waals surface area contributed by atoms with Gasteiger partial charge in [-0.3, -0.25) is 0 Å². The minimum absolute atomic E-state index is 0.138. The normalized spacial score (nSPS) is 12.9. The first kappa shape index (κ1) is 14.2. The summed E-state index contributed by atoms with van der Waals surface area (Å²) in [5.74, 6) is 1.07. The highest BCUT2D eigenvalue weighted by Crippen LogP contribution is 2.37. The number of nitrogens with one attached hydrogen (secondary N) is 1. The van der Waals surface area contributed by atoms with Gasteiger partial charge in [0.15, 0.2) is 0 Å². The van der Waals surface area contributed by atoms with Crippen molar-refractivity contribution in [2.45, 2.75) is 25.9 Å². The van der Waals surface area contributed by atoms with Crippen LogP contribution in [0.4, 0.5) is 0 Å². The second-order valence-electron chi connectivity index (χ2n) is 3.97. The van der Waals surface area contributed by atoms with Crippen LogP contribution in [0.2, 0.25) is 0 Å². The van der Waals surface area contributed by atoms with Gasteiger partial charge >= 0.3 is 0 Å². The van der Waals surface area contributed by atoms with E-state index in [0.717, 1.165) is 27.0 Å². The second-order valence-corrected chi connectivity index (χ2v) is 7.23. The number of aryl methyl sites for hydroxylation is 1. The van der Waals surface area contributed by atoms with Gasteiger partial charge in [-0.15, -0.1) is 11.3 Å². The van der Waals surface area contributed by atoms with Crippen molar-refractivity contribution in [2.75, 3.05) is 7.05 Å². The van der Waals surface area contributed by atoms with Gasteiger partial charge in [0.05, 0.1) is 3.79 Å². The molecule has 0 amide bonds. The van der Waals surface area contributed by atoms with Crippen molar-refractivity contribution in [3.63, 3.8) is 0 Å².